The van der Waals surface area contributed by atoms with E-state index >= 15 is 0 Å². The van der Waals surface area contributed by atoms with Crippen LogP contribution in [0.1, 0.15) is 5.69 Å². The van der Waals surface area contributed by atoms with Gasteiger partial charge in [0.25, 0.3) is 0 Å². The van der Waals surface area contributed by atoms with Crippen LogP contribution in [0.5, 0.6) is 0 Å². The maximum atomic E-state index is 10.7. The van der Waals surface area contributed by atoms with Gasteiger partial charge in [-0.2, -0.15) is 5.26 Å². The molecule has 0 atom stereocenters. The summed E-state index contributed by atoms with van der Waals surface area (Å²) in [6.07, 6.45) is 1.07. The Morgan fingerprint density at radius 3 is 3.12 bits per heavy atom. The molecule has 0 unspecified atom stereocenters. The Bertz CT molecular complexity index is 400. The van der Waals surface area contributed by atoms with Crippen molar-refractivity contribution in [2.45, 2.75) is 0 Å². The van der Waals surface area contributed by atoms with Gasteiger partial charge in [0.2, 0.25) is 0 Å². The molecule has 2 N–H and O–H groups in total. The molecule has 1 rings (SSSR count). The van der Waals surface area contributed by atoms with Crippen molar-refractivity contribution in [3.8, 4) is 6.07 Å². The third-order valence-corrected chi connectivity index (χ3v) is 1.81. The molecule has 0 aromatic carbocycles. The molecular formula is C10H12N4O2. The van der Waals surface area contributed by atoms with E-state index in [4.69, 9.17) is 5.26 Å². The largest absolute Gasteiger partial charge is 0.453 e. The molecular weight excluding hydrogens is 208 g/mol. The number of ether oxygens (including phenoxy) is 1. The Morgan fingerprint density at radius 2 is 2.44 bits per heavy atom. The Hall–Kier alpha value is -2.29. The Labute approximate surface area is 93.2 Å². The standard InChI is InChI=1S/C10H12N4O2/c1-16-10(15)14-6-5-13-8-3-2-4-12-9(8)7-11/h2-4,13H,5-6H2,1H3,(H,14,15). The fraction of sp³-hybridized carbons (Fsp3) is 0.300. The molecule has 6 heteroatoms. The van der Waals surface area contributed by atoms with E-state index < -0.39 is 6.09 Å². The zero-order valence-electron chi connectivity index (χ0n) is 8.86. The van der Waals surface area contributed by atoms with Crippen LogP contribution in [0, 0.1) is 11.3 Å². The molecule has 16 heavy (non-hydrogen) atoms. The normalized spacial score (nSPS) is 9.00. The molecule has 1 aromatic heterocycles. The summed E-state index contributed by atoms with van der Waals surface area (Å²) in [7, 11) is 1.30. The monoisotopic (exact) mass is 220 g/mol. The summed E-state index contributed by atoms with van der Waals surface area (Å²) >= 11 is 0. The fourth-order valence-electron chi connectivity index (χ4n) is 1.07. The first-order valence-electron chi connectivity index (χ1n) is 4.68. The number of anilines is 1. The molecule has 1 aromatic rings. The topological polar surface area (TPSA) is 87.0 Å². The van der Waals surface area contributed by atoms with E-state index in [-0.39, 0.29) is 0 Å². The summed E-state index contributed by atoms with van der Waals surface area (Å²) in [5.41, 5.74) is 0.984. The van der Waals surface area contributed by atoms with E-state index in [0.29, 0.717) is 24.5 Å². The van der Waals surface area contributed by atoms with Gasteiger partial charge in [-0.05, 0) is 12.1 Å². The minimum atomic E-state index is -0.478. The molecule has 1 heterocycles. The molecule has 0 saturated carbocycles. The molecule has 0 aliphatic heterocycles. The van der Waals surface area contributed by atoms with Crippen molar-refractivity contribution >= 4 is 11.8 Å². The molecule has 0 saturated heterocycles. The van der Waals surface area contributed by atoms with E-state index in [1.165, 1.54) is 7.11 Å². The van der Waals surface area contributed by atoms with Crippen LogP contribution in [0.4, 0.5) is 10.5 Å². The molecule has 0 aliphatic carbocycles. The van der Waals surface area contributed by atoms with Gasteiger partial charge in [0.15, 0.2) is 5.69 Å². The van der Waals surface area contributed by atoms with Crippen molar-refractivity contribution in [3.63, 3.8) is 0 Å². The highest BCUT2D eigenvalue weighted by Crippen LogP contribution is 2.09. The van der Waals surface area contributed by atoms with Crippen molar-refractivity contribution in [3.05, 3.63) is 24.0 Å². The number of amides is 1. The summed E-state index contributed by atoms with van der Waals surface area (Å²) in [5, 5.41) is 14.3. The van der Waals surface area contributed by atoms with Crippen LogP contribution < -0.4 is 10.6 Å². The molecule has 0 bridgehead atoms. The van der Waals surface area contributed by atoms with E-state index in [0.717, 1.165) is 0 Å². The second-order valence-electron chi connectivity index (χ2n) is 2.86. The Balaban J connectivity index is 2.38. The number of carbonyl (C=O) groups excluding carboxylic acids is 1. The first-order chi connectivity index (χ1) is 7.77. The van der Waals surface area contributed by atoms with E-state index in [2.05, 4.69) is 20.4 Å². The van der Waals surface area contributed by atoms with E-state index in [1.807, 2.05) is 6.07 Å². The molecule has 0 fully saturated rings. The number of nitrogens with zero attached hydrogens (tertiary/aromatic N) is 2. The number of alkyl carbamates (subject to hydrolysis) is 1. The summed E-state index contributed by atoms with van der Waals surface area (Å²) < 4.78 is 4.40. The molecule has 84 valence electrons. The number of aromatic nitrogens is 1. The van der Waals surface area contributed by atoms with Gasteiger partial charge in [-0.3, -0.25) is 0 Å². The fourth-order valence-corrected chi connectivity index (χ4v) is 1.07. The second-order valence-corrected chi connectivity index (χ2v) is 2.86. The van der Waals surface area contributed by atoms with Crippen LogP contribution in [0.3, 0.4) is 0 Å². The Morgan fingerprint density at radius 1 is 1.62 bits per heavy atom. The van der Waals surface area contributed by atoms with E-state index in [9.17, 15) is 4.79 Å². The number of methoxy groups -OCH3 is 1. The highest BCUT2D eigenvalue weighted by molar-refractivity contribution is 5.66. The number of pyridine rings is 1. The quantitative estimate of drug-likeness (QED) is 0.730. The SMILES string of the molecule is COC(=O)NCCNc1cccnc1C#N. The zero-order chi connectivity index (χ0) is 11.8. The summed E-state index contributed by atoms with van der Waals surface area (Å²) in [6, 6.07) is 5.46. The third kappa shape index (κ3) is 3.46. The molecule has 0 radical (unpaired) electrons. The number of carbonyl (C=O) groups is 1. The minimum Gasteiger partial charge on any atom is -0.453 e. The summed E-state index contributed by atoms with van der Waals surface area (Å²) in [5.74, 6) is 0. The van der Waals surface area contributed by atoms with E-state index in [1.54, 1.807) is 18.3 Å². The lowest BCUT2D eigenvalue weighted by molar-refractivity contribution is 0.171. The van der Waals surface area contributed by atoms with Crippen molar-refractivity contribution in [2.24, 2.45) is 0 Å². The van der Waals surface area contributed by atoms with Crippen molar-refractivity contribution in [1.29, 1.82) is 5.26 Å². The average molecular weight is 220 g/mol. The number of rotatable bonds is 4. The number of nitriles is 1. The lowest BCUT2D eigenvalue weighted by Gasteiger charge is -2.07. The van der Waals surface area contributed by atoms with Gasteiger partial charge in [0.05, 0.1) is 12.8 Å². The van der Waals surface area contributed by atoms with Gasteiger partial charge in [0.1, 0.15) is 6.07 Å². The van der Waals surface area contributed by atoms with Crippen LogP contribution in [-0.4, -0.2) is 31.3 Å². The predicted octanol–water partition coefficient (Wildman–Crippen LogP) is 0.721. The maximum Gasteiger partial charge on any atom is 0.406 e. The molecule has 6 nitrogen and oxygen atoms in total. The van der Waals surface area contributed by atoms with Crippen LogP contribution in [0.15, 0.2) is 18.3 Å². The second kappa shape index (κ2) is 6.24. The van der Waals surface area contributed by atoms with Crippen molar-refractivity contribution in [1.82, 2.24) is 10.3 Å². The third-order valence-electron chi connectivity index (χ3n) is 1.81. The molecule has 0 spiro atoms. The van der Waals surface area contributed by atoms with Crippen molar-refractivity contribution in [2.75, 3.05) is 25.5 Å². The lowest BCUT2D eigenvalue weighted by Crippen LogP contribution is -2.28. The highest BCUT2D eigenvalue weighted by atomic mass is 16.5. The van der Waals surface area contributed by atoms with Crippen molar-refractivity contribution < 1.29 is 9.53 Å². The first-order valence-corrected chi connectivity index (χ1v) is 4.68. The average Bonchev–Trinajstić information content (AvgIpc) is 2.34. The smallest absolute Gasteiger partial charge is 0.406 e. The minimum absolute atomic E-state index is 0.334. The summed E-state index contributed by atoms with van der Waals surface area (Å²) in [4.78, 5) is 14.6. The van der Waals surface area contributed by atoms with Crippen LogP contribution in [0.2, 0.25) is 0 Å². The van der Waals surface area contributed by atoms with Gasteiger partial charge in [-0.25, -0.2) is 9.78 Å². The number of hydrogen-bond acceptors (Lipinski definition) is 5. The lowest BCUT2D eigenvalue weighted by atomic mass is 10.3. The number of hydrogen-bond donors (Lipinski definition) is 2. The van der Waals surface area contributed by atoms with Gasteiger partial charge in [0, 0.05) is 19.3 Å². The predicted molar refractivity (Wildman–Crippen MR) is 57.8 cm³/mol. The van der Waals surface area contributed by atoms with Crippen LogP contribution in [0.25, 0.3) is 0 Å². The zero-order valence-corrected chi connectivity index (χ0v) is 8.86. The van der Waals surface area contributed by atoms with Gasteiger partial charge < -0.3 is 15.4 Å². The van der Waals surface area contributed by atoms with Gasteiger partial charge >= 0.3 is 6.09 Å². The highest BCUT2D eigenvalue weighted by Gasteiger charge is 2.01. The number of nitrogens with one attached hydrogen (secondary N) is 2. The maximum absolute atomic E-state index is 10.7. The summed E-state index contributed by atoms with van der Waals surface area (Å²) in [6.45, 7) is 0.905. The van der Waals surface area contributed by atoms with Gasteiger partial charge in [-0.1, -0.05) is 0 Å². The molecule has 1 amide bonds. The van der Waals surface area contributed by atoms with Gasteiger partial charge in [-0.15, -0.1) is 0 Å². The molecule has 0 aliphatic rings. The Kier molecular flexibility index (Phi) is 4.60. The first kappa shape index (κ1) is 11.8. The van der Waals surface area contributed by atoms with Crippen LogP contribution in [-0.2, 0) is 4.74 Å². The van der Waals surface area contributed by atoms with Crippen LogP contribution >= 0.6 is 0 Å².